The second-order valence-electron chi connectivity index (χ2n) is 26.8. The van der Waals surface area contributed by atoms with Gasteiger partial charge >= 0.3 is 6.09 Å². The van der Waals surface area contributed by atoms with E-state index in [0.29, 0.717) is 48.1 Å². The molecule has 4 unspecified atom stereocenters. The molecular formula is C59H94N10O2. The van der Waals surface area contributed by atoms with Crippen LogP contribution in [0.4, 0.5) is 4.79 Å². The van der Waals surface area contributed by atoms with Crippen molar-refractivity contribution in [1.82, 2.24) is 44.6 Å². The summed E-state index contributed by atoms with van der Waals surface area (Å²) < 4.78 is 10.7. The van der Waals surface area contributed by atoms with Gasteiger partial charge in [-0.25, -0.2) is 4.79 Å². The molecule has 4 aliphatic heterocycles. The number of hydrogen-bond donors (Lipinski definition) is 2. The fraction of sp³-hybridized carbons (Fsp3) is 0.712. The first-order valence-electron chi connectivity index (χ1n) is 27.4. The highest BCUT2D eigenvalue weighted by Gasteiger charge is 2.51. The van der Waals surface area contributed by atoms with Crippen molar-refractivity contribution in [2.75, 3.05) is 0 Å². The third kappa shape index (κ3) is 12.5. The molecule has 0 radical (unpaired) electrons. The highest BCUT2D eigenvalue weighted by molar-refractivity contribution is 5.68. The number of alkyl carbamates (subject to hydrolysis) is 1. The summed E-state index contributed by atoms with van der Waals surface area (Å²) in [5, 5.41) is 21.9. The third-order valence-corrected chi connectivity index (χ3v) is 15.9. The van der Waals surface area contributed by atoms with E-state index in [-0.39, 0.29) is 40.1 Å². The van der Waals surface area contributed by atoms with E-state index in [1.807, 2.05) is 39.0 Å². The number of benzene rings is 2. The minimum absolute atomic E-state index is 0.00194. The van der Waals surface area contributed by atoms with Crippen LogP contribution < -0.4 is 11.1 Å². The number of amides is 1. The molecule has 6 heterocycles. The Hall–Kier alpha value is -4.13. The first-order valence-corrected chi connectivity index (χ1v) is 27.4. The Morgan fingerprint density at radius 2 is 0.930 bits per heavy atom. The van der Waals surface area contributed by atoms with Crippen molar-refractivity contribution in [3.05, 3.63) is 95.1 Å². The fourth-order valence-corrected chi connectivity index (χ4v) is 13.3. The fourth-order valence-electron chi connectivity index (χ4n) is 13.3. The molecule has 0 saturated carbocycles. The van der Waals surface area contributed by atoms with Crippen molar-refractivity contribution in [1.29, 1.82) is 0 Å². The number of carbonyl (C=O) groups excluding carboxylic acids is 1. The number of ether oxygens (including phenoxy) is 1. The van der Waals surface area contributed by atoms with E-state index in [1.165, 1.54) is 44.1 Å². The molecule has 4 aromatic rings. The molecule has 4 aliphatic rings. The number of piperidine rings is 2. The van der Waals surface area contributed by atoms with Crippen LogP contribution in [0.15, 0.2) is 60.7 Å². The van der Waals surface area contributed by atoms with E-state index in [1.54, 1.807) is 0 Å². The molecule has 2 aromatic heterocycles. The van der Waals surface area contributed by atoms with Crippen molar-refractivity contribution in [3.63, 3.8) is 0 Å². The first kappa shape index (κ1) is 54.6. The highest BCUT2D eigenvalue weighted by Crippen LogP contribution is 2.49. The van der Waals surface area contributed by atoms with E-state index < -0.39 is 5.60 Å². The molecule has 2 aromatic carbocycles. The minimum Gasteiger partial charge on any atom is -0.444 e. The standard InChI is InChI=1S/C32H51N5O2.C27H43N5/c1-21(2)27-34-35-28(30(3,4)5)36(27)25-18-23-16-17-24(19-25)37(23)32(9,10)20-26(22-14-12-11-13-15-22)33-29(38)39-31(6,7)8;1-18(2)24-29-30-25(26(3,4)5)31(24)22-15-20-13-14-21(16-22)32(20)27(6,7)17-23(28)19-11-9-8-10-12-19/h11-15,21,23-26H,16-20H2,1-10H3,(H,33,38);8-12,18,20-23H,13-17,28H2,1-7H3/t23?,24?,25?,26-;20?,21?,22?,23-/m00/s1. The smallest absolute Gasteiger partial charge is 0.408 e. The van der Waals surface area contributed by atoms with Crippen LogP contribution in [0.3, 0.4) is 0 Å². The zero-order chi connectivity index (χ0) is 52.0. The number of nitrogens with one attached hydrogen (secondary N) is 1. The van der Waals surface area contributed by atoms with Crippen LogP contribution in [0.5, 0.6) is 0 Å². The van der Waals surface area contributed by atoms with Crippen LogP contribution in [0.2, 0.25) is 0 Å². The monoisotopic (exact) mass is 975 g/mol. The number of aromatic nitrogens is 6. The van der Waals surface area contributed by atoms with Gasteiger partial charge in [-0.05, 0) is 124 Å². The zero-order valence-electron chi connectivity index (χ0n) is 47.1. The van der Waals surface area contributed by atoms with E-state index in [2.05, 4.69) is 179 Å². The summed E-state index contributed by atoms with van der Waals surface area (Å²) in [6.07, 6.45) is 11.0. The Morgan fingerprint density at radius 3 is 1.28 bits per heavy atom. The van der Waals surface area contributed by atoms with E-state index in [9.17, 15) is 4.79 Å². The maximum absolute atomic E-state index is 12.9. The molecule has 8 rings (SSSR count). The second-order valence-corrected chi connectivity index (χ2v) is 26.8. The number of nitrogens with zero attached hydrogens (tertiary/aromatic N) is 8. The van der Waals surface area contributed by atoms with E-state index in [0.717, 1.165) is 54.5 Å². The van der Waals surface area contributed by atoms with Crippen molar-refractivity contribution >= 4 is 6.09 Å². The lowest BCUT2D eigenvalue weighted by Crippen LogP contribution is -2.56. The molecule has 3 N–H and O–H groups in total. The Morgan fingerprint density at radius 1 is 0.563 bits per heavy atom. The van der Waals surface area contributed by atoms with Gasteiger partial charge in [-0.15, -0.1) is 20.4 Å². The maximum atomic E-state index is 12.9. The van der Waals surface area contributed by atoms with Crippen LogP contribution in [0.1, 0.15) is 252 Å². The minimum atomic E-state index is -0.537. The Kier molecular flexibility index (Phi) is 16.2. The van der Waals surface area contributed by atoms with Gasteiger partial charge in [0, 0.05) is 76.0 Å². The summed E-state index contributed by atoms with van der Waals surface area (Å²) in [6.45, 7) is 37.7. The topological polar surface area (TPSA) is 132 Å². The van der Waals surface area contributed by atoms with E-state index in [4.69, 9.17) is 15.6 Å². The molecule has 1 amide bonds. The zero-order valence-corrected chi connectivity index (χ0v) is 47.1. The molecule has 6 atom stereocenters. The van der Waals surface area contributed by atoms with Crippen LogP contribution in [0.25, 0.3) is 0 Å². The van der Waals surface area contributed by atoms with Crippen LogP contribution in [-0.4, -0.2) is 86.3 Å². The quantitative estimate of drug-likeness (QED) is 0.134. The third-order valence-electron chi connectivity index (χ3n) is 15.9. The molecule has 71 heavy (non-hydrogen) atoms. The lowest BCUT2D eigenvalue weighted by molar-refractivity contribution is 0.00135. The lowest BCUT2D eigenvalue weighted by Gasteiger charge is -2.50. The summed E-state index contributed by atoms with van der Waals surface area (Å²) in [7, 11) is 0. The largest absolute Gasteiger partial charge is 0.444 e. The summed E-state index contributed by atoms with van der Waals surface area (Å²) in [5.74, 6) is 5.24. The molecule has 4 saturated heterocycles. The van der Waals surface area contributed by atoms with Crippen molar-refractivity contribution in [2.45, 2.75) is 270 Å². The van der Waals surface area contributed by atoms with Gasteiger partial charge in [0.05, 0.1) is 6.04 Å². The average molecular weight is 975 g/mol. The molecule has 12 heteroatoms. The molecule has 4 fully saturated rings. The van der Waals surface area contributed by atoms with Crippen molar-refractivity contribution < 1.29 is 9.53 Å². The molecule has 0 aliphatic carbocycles. The van der Waals surface area contributed by atoms with Crippen molar-refractivity contribution in [2.24, 2.45) is 5.73 Å². The number of rotatable bonds is 13. The molecule has 4 bridgehead atoms. The second kappa shape index (κ2) is 21.0. The van der Waals surface area contributed by atoms with Gasteiger partial charge in [-0.1, -0.05) is 130 Å². The van der Waals surface area contributed by atoms with Gasteiger partial charge in [-0.2, -0.15) is 0 Å². The summed E-state index contributed by atoms with van der Waals surface area (Å²) in [4.78, 5) is 18.5. The van der Waals surface area contributed by atoms with Gasteiger partial charge in [0.25, 0.3) is 0 Å². The van der Waals surface area contributed by atoms with Gasteiger partial charge in [0.15, 0.2) is 0 Å². The number of fused-ring (bicyclic) bond motifs is 4. The molecule has 392 valence electrons. The van der Waals surface area contributed by atoms with E-state index >= 15 is 0 Å². The molecule has 0 spiro atoms. The normalized spacial score (nSPS) is 24.2. The SMILES string of the molecule is CC(C)c1nnc(C(C)(C)C)n1C1CC2CCC(C1)N2C(C)(C)C[C@H](N)c1ccccc1.CC(C)c1nnc(C(C)(C)C)n1C1CC2CCC(C1)N2C(C)(C)C[C@H](NC(=O)OC(C)(C)C)c1ccccc1. The summed E-state index contributed by atoms with van der Waals surface area (Å²) in [6, 6.07) is 23.9. The summed E-state index contributed by atoms with van der Waals surface area (Å²) >= 11 is 0. The predicted molar refractivity (Wildman–Crippen MR) is 289 cm³/mol. The average Bonchev–Trinajstić information content (AvgIpc) is 4.05. The summed E-state index contributed by atoms with van der Waals surface area (Å²) in [5.41, 5.74) is 8.41. The molecular weight excluding hydrogens is 881 g/mol. The Bertz CT molecular complexity index is 2340. The number of carbonyl (C=O) groups is 1. The van der Waals surface area contributed by atoms with Crippen LogP contribution in [0, 0.1) is 0 Å². The lowest BCUT2D eigenvalue weighted by atomic mass is 9.84. The van der Waals surface area contributed by atoms with Crippen molar-refractivity contribution in [3.8, 4) is 0 Å². The van der Waals surface area contributed by atoms with Gasteiger partial charge < -0.3 is 24.9 Å². The first-order chi connectivity index (χ1) is 33.1. The maximum Gasteiger partial charge on any atom is 0.408 e. The Balaban J connectivity index is 0.000000213. The van der Waals surface area contributed by atoms with Gasteiger partial charge in [-0.3, -0.25) is 9.80 Å². The predicted octanol–water partition coefficient (Wildman–Crippen LogP) is 13.0. The van der Waals surface area contributed by atoms with Gasteiger partial charge in [0.1, 0.15) is 28.9 Å². The highest BCUT2D eigenvalue weighted by atomic mass is 16.6. The Labute approximate surface area is 429 Å². The van der Waals surface area contributed by atoms with Gasteiger partial charge in [0.2, 0.25) is 0 Å². The van der Waals surface area contributed by atoms with Crippen LogP contribution >= 0.6 is 0 Å². The number of nitrogens with two attached hydrogens (primary N) is 1. The number of hydrogen-bond acceptors (Lipinski definition) is 9. The molecule has 12 nitrogen and oxygen atoms in total. The van der Waals surface area contributed by atoms with Crippen LogP contribution in [-0.2, 0) is 15.6 Å².